The number of benzene rings is 3. The predicted octanol–water partition coefficient (Wildman–Crippen LogP) is 5.90. The van der Waals surface area contributed by atoms with Crippen molar-refractivity contribution in [2.45, 2.75) is 12.8 Å². The van der Waals surface area contributed by atoms with E-state index in [9.17, 15) is 8.78 Å². The number of anilines is 1. The number of nitrogen functional groups attached to an aromatic ring is 1. The molecular weight excluding hydrogens is 430 g/mol. The Bertz CT molecular complexity index is 1210. The summed E-state index contributed by atoms with van der Waals surface area (Å²) in [7, 11) is 1.73. The molecule has 0 bridgehead atoms. The molecule has 0 amide bonds. The first-order chi connectivity index (χ1) is 16.2. The predicted molar refractivity (Wildman–Crippen MR) is 136 cm³/mol. The van der Waals surface area contributed by atoms with E-state index in [0.29, 0.717) is 23.5 Å². The molecule has 3 aromatic rings. The zero-order valence-electron chi connectivity index (χ0n) is 19.1. The van der Waals surface area contributed by atoms with Crippen LogP contribution in [0.3, 0.4) is 0 Å². The van der Waals surface area contributed by atoms with Crippen molar-refractivity contribution in [3.8, 4) is 0 Å². The van der Waals surface area contributed by atoms with Crippen LogP contribution in [-0.4, -0.2) is 17.7 Å². The molecule has 0 fully saturated rings. The number of rotatable bonds is 10. The Hall–Kier alpha value is -4.19. The number of hydrogen-bond donors (Lipinski definition) is 3. The first kappa shape index (κ1) is 24.5. The third kappa shape index (κ3) is 6.42. The van der Waals surface area contributed by atoms with E-state index in [-0.39, 0.29) is 29.2 Å². The Morgan fingerprint density at radius 3 is 2.26 bits per heavy atom. The van der Waals surface area contributed by atoms with E-state index in [1.54, 1.807) is 42.4 Å². The third-order valence-electron chi connectivity index (χ3n) is 5.28. The van der Waals surface area contributed by atoms with Gasteiger partial charge in [-0.2, -0.15) is 0 Å². The van der Waals surface area contributed by atoms with Gasteiger partial charge in [0.25, 0.3) is 0 Å². The fraction of sp³-hybridized carbons (Fsp3) is 0.107. The number of nitrogens with one attached hydrogen (secondary N) is 2. The first-order valence-corrected chi connectivity index (χ1v) is 10.7. The van der Waals surface area contributed by atoms with Crippen LogP contribution < -0.4 is 11.1 Å². The average molecular weight is 459 g/mol. The van der Waals surface area contributed by atoms with Crippen LogP contribution >= 0.6 is 0 Å². The van der Waals surface area contributed by atoms with E-state index in [1.165, 1.54) is 18.2 Å². The molecule has 0 saturated heterocycles. The molecule has 6 heteroatoms. The Morgan fingerprint density at radius 2 is 1.59 bits per heavy atom. The SMILES string of the molecule is C=C(Cc1ccccc1)N/C(=C\N(C)C(=C)C(=N)Cc1ccc(F)cc1)c1cccc(N)c1F. The van der Waals surface area contributed by atoms with Gasteiger partial charge in [0, 0.05) is 37.3 Å². The summed E-state index contributed by atoms with van der Waals surface area (Å²) in [5, 5.41) is 11.6. The number of hydrogen-bond acceptors (Lipinski definition) is 4. The summed E-state index contributed by atoms with van der Waals surface area (Å²) < 4.78 is 28.1. The lowest BCUT2D eigenvalue weighted by atomic mass is 10.1. The Labute approximate surface area is 199 Å². The van der Waals surface area contributed by atoms with E-state index in [2.05, 4.69) is 18.5 Å². The quantitative estimate of drug-likeness (QED) is 0.262. The minimum atomic E-state index is -0.547. The molecule has 4 nitrogen and oxygen atoms in total. The minimum absolute atomic E-state index is 0.0319. The maximum atomic E-state index is 14.9. The summed E-state index contributed by atoms with van der Waals surface area (Å²) in [6.45, 7) is 8.11. The summed E-state index contributed by atoms with van der Waals surface area (Å²) in [6, 6.07) is 20.6. The monoisotopic (exact) mass is 458 g/mol. The highest BCUT2D eigenvalue weighted by Crippen LogP contribution is 2.23. The highest BCUT2D eigenvalue weighted by atomic mass is 19.1. The highest BCUT2D eigenvalue weighted by molar-refractivity contribution is 5.98. The summed E-state index contributed by atoms with van der Waals surface area (Å²) in [5.74, 6) is -0.876. The van der Waals surface area contributed by atoms with E-state index < -0.39 is 5.82 Å². The summed E-state index contributed by atoms with van der Waals surface area (Å²) in [5.41, 5.74) is 9.74. The molecule has 0 radical (unpaired) electrons. The minimum Gasteiger partial charge on any atom is -0.396 e. The zero-order chi connectivity index (χ0) is 24.7. The van der Waals surface area contributed by atoms with Crippen LogP contribution in [0.5, 0.6) is 0 Å². The molecule has 4 N–H and O–H groups in total. The van der Waals surface area contributed by atoms with Gasteiger partial charge in [0.05, 0.1) is 22.8 Å². The molecule has 0 unspecified atom stereocenters. The molecule has 0 spiro atoms. The fourth-order valence-electron chi connectivity index (χ4n) is 3.40. The molecule has 3 aromatic carbocycles. The average Bonchev–Trinajstić information content (AvgIpc) is 2.82. The second-order valence-corrected chi connectivity index (χ2v) is 7.98. The lowest BCUT2D eigenvalue weighted by Crippen LogP contribution is -2.22. The van der Waals surface area contributed by atoms with Crippen molar-refractivity contribution in [2.75, 3.05) is 12.8 Å². The van der Waals surface area contributed by atoms with E-state index in [4.69, 9.17) is 11.1 Å². The van der Waals surface area contributed by atoms with Gasteiger partial charge in [0.1, 0.15) is 5.82 Å². The standard InChI is InChI=1S/C28H28F2N4/c1-19(16-21-8-5-4-6-9-21)33-27(24-10-7-11-25(31)28(24)30)18-34(3)20(2)26(32)17-22-12-14-23(29)15-13-22/h4-15,18,32-33H,1-2,16-17,31H2,3H3/b27-18-,32-26?. The summed E-state index contributed by atoms with van der Waals surface area (Å²) in [6.07, 6.45) is 2.50. The van der Waals surface area contributed by atoms with Crippen molar-refractivity contribution in [2.24, 2.45) is 0 Å². The molecule has 174 valence electrons. The van der Waals surface area contributed by atoms with E-state index >= 15 is 0 Å². The van der Waals surface area contributed by atoms with Gasteiger partial charge in [0.2, 0.25) is 0 Å². The molecule has 34 heavy (non-hydrogen) atoms. The van der Waals surface area contributed by atoms with Crippen LogP contribution in [0.2, 0.25) is 0 Å². The van der Waals surface area contributed by atoms with Crippen molar-refractivity contribution in [1.29, 1.82) is 5.41 Å². The van der Waals surface area contributed by atoms with Crippen LogP contribution in [0.4, 0.5) is 14.5 Å². The van der Waals surface area contributed by atoms with Gasteiger partial charge in [-0.15, -0.1) is 0 Å². The van der Waals surface area contributed by atoms with Gasteiger partial charge in [-0.1, -0.05) is 61.7 Å². The molecule has 3 rings (SSSR count). The third-order valence-corrected chi connectivity index (χ3v) is 5.28. The van der Waals surface area contributed by atoms with Gasteiger partial charge in [-0.05, 0) is 35.4 Å². The number of halogens is 2. The van der Waals surface area contributed by atoms with E-state index in [1.807, 2.05) is 30.3 Å². The summed E-state index contributed by atoms with van der Waals surface area (Å²) in [4.78, 5) is 1.65. The lowest BCUT2D eigenvalue weighted by molar-refractivity contribution is 0.593. The fourth-order valence-corrected chi connectivity index (χ4v) is 3.40. The van der Waals surface area contributed by atoms with Crippen molar-refractivity contribution in [3.63, 3.8) is 0 Å². The molecule has 0 aliphatic rings. The smallest absolute Gasteiger partial charge is 0.155 e. The van der Waals surface area contributed by atoms with E-state index in [0.717, 1.165) is 11.1 Å². The van der Waals surface area contributed by atoms with Gasteiger partial charge in [-0.25, -0.2) is 8.78 Å². The molecule has 0 aliphatic carbocycles. The highest BCUT2D eigenvalue weighted by Gasteiger charge is 2.15. The normalized spacial score (nSPS) is 11.1. The molecule has 0 aromatic heterocycles. The van der Waals surface area contributed by atoms with Crippen LogP contribution in [-0.2, 0) is 12.8 Å². The second kappa shape index (κ2) is 11.1. The molecular formula is C28H28F2N4. The van der Waals surface area contributed by atoms with Crippen molar-refractivity contribution in [3.05, 3.63) is 132 Å². The van der Waals surface area contributed by atoms with Gasteiger partial charge in [0.15, 0.2) is 5.82 Å². The van der Waals surface area contributed by atoms with Crippen LogP contribution in [0.25, 0.3) is 5.70 Å². The largest absolute Gasteiger partial charge is 0.396 e. The number of nitrogens with zero attached hydrogens (tertiary/aromatic N) is 1. The summed E-state index contributed by atoms with van der Waals surface area (Å²) >= 11 is 0. The maximum absolute atomic E-state index is 14.9. The van der Waals surface area contributed by atoms with Crippen LogP contribution in [0.15, 0.2) is 104 Å². The number of nitrogens with two attached hydrogens (primary N) is 1. The molecule has 0 aliphatic heterocycles. The van der Waals surface area contributed by atoms with Gasteiger partial charge < -0.3 is 21.4 Å². The van der Waals surface area contributed by atoms with Gasteiger partial charge in [-0.3, -0.25) is 0 Å². The Morgan fingerprint density at radius 1 is 0.941 bits per heavy atom. The topological polar surface area (TPSA) is 65.1 Å². The van der Waals surface area contributed by atoms with Crippen LogP contribution in [0, 0.1) is 17.0 Å². The van der Waals surface area contributed by atoms with Gasteiger partial charge >= 0.3 is 0 Å². The lowest BCUT2D eigenvalue weighted by Gasteiger charge is -2.22. The number of allylic oxidation sites excluding steroid dienone is 2. The maximum Gasteiger partial charge on any atom is 0.155 e. The second-order valence-electron chi connectivity index (χ2n) is 7.98. The molecule has 0 saturated carbocycles. The molecule has 0 heterocycles. The van der Waals surface area contributed by atoms with Crippen molar-refractivity contribution in [1.82, 2.24) is 10.2 Å². The zero-order valence-corrected chi connectivity index (χ0v) is 19.1. The van der Waals surface area contributed by atoms with Crippen molar-refractivity contribution >= 4 is 17.1 Å². The molecule has 0 atom stereocenters. The Balaban J connectivity index is 1.83. The Kier molecular flexibility index (Phi) is 7.98. The first-order valence-electron chi connectivity index (χ1n) is 10.7. The van der Waals surface area contributed by atoms with Crippen molar-refractivity contribution < 1.29 is 8.78 Å². The van der Waals surface area contributed by atoms with Crippen LogP contribution in [0.1, 0.15) is 16.7 Å².